The van der Waals surface area contributed by atoms with Crippen LogP contribution in [0.3, 0.4) is 0 Å². The average Bonchev–Trinajstić information content (AvgIpc) is 3.69. The number of amides is 2. The molecule has 0 spiro atoms. The van der Waals surface area contributed by atoms with Crippen molar-refractivity contribution < 1.29 is 28.9 Å². The van der Waals surface area contributed by atoms with Gasteiger partial charge in [-0.05, 0) is 31.7 Å². The lowest BCUT2D eigenvalue weighted by atomic mass is 10.0. The van der Waals surface area contributed by atoms with E-state index in [1.54, 1.807) is 27.5 Å². The maximum absolute atomic E-state index is 13.3. The van der Waals surface area contributed by atoms with Gasteiger partial charge in [0.2, 0.25) is 11.5 Å². The Kier molecular flexibility index (Phi) is 6.75. The minimum atomic E-state index is -1.23. The van der Waals surface area contributed by atoms with Crippen LogP contribution in [0.5, 0.6) is 0 Å². The first-order valence-corrected chi connectivity index (χ1v) is 14.3. The number of carboxylic acid groups (broad SMARTS) is 1. The van der Waals surface area contributed by atoms with Crippen LogP contribution in [0.25, 0.3) is 5.65 Å². The highest BCUT2D eigenvalue weighted by Gasteiger charge is 2.54. The first kappa shape index (κ1) is 26.0. The van der Waals surface area contributed by atoms with Crippen molar-refractivity contribution in [2.45, 2.75) is 49.7 Å². The Morgan fingerprint density at radius 1 is 1.30 bits per heavy atom. The van der Waals surface area contributed by atoms with E-state index in [2.05, 4.69) is 24.9 Å². The van der Waals surface area contributed by atoms with E-state index in [0.717, 1.165) is 37.2 Å². The van der Waals surface area contributed by atoms with Gasteiger partial charge in [-0.15, -0.1) is 11.8 Å². The zero-order valence-electron chi connectivity index (χ0n) is 21.0. The number of nitrogen functional groups attached to an aromatic ring is 2. The first-order valence-electron chi connectivity index (χ1n) is 12.5. The number of imidazole rings is 1. The van der Waals surface area contributed by atoms with Crippen LogP contribution in [0.15, 0.2) is 41.0 Å². The molecule has 1 aliphatic carbocycles. The summed E-state index contributed by atoms with van der Waals surface area (Å²) >= 11 is 2.26. The lowest BCUT2D eigenvalue weighted by Gasteiger charge is -2.49. The number of fused-ring (bicyclic) bond motifs is 2. The van der Waals surface area contributed by atoms with Crippen molar-refractivity contribution in [3.63, 3.8) is 0 Å². The van der Waals surface area contributed by atoms with Gasteiger partial charge in [0, 0.05) is 28.9 Å². The molecule has 6 N–H and O–H groups in total. The number of carbonyl (C=O) groups is 3. The number of anilines is 2. The summed E-state index contributed by atoms with van der Waals surface area (Å²) in [5.74, 6) is -1.78. The second-order valence-corrected chi connectivity index (χ2v) is 11.4. The van der Waals surface area contributed by atoms with E-state index in [4.69, 9.17) is 16.3 Å². The molecule has 0 radical (unpaired) electrons. The molecular formula is C23H25N10O5S2+. The summed E-state index contributed by atoms with van der Waals surface area (Å²) in [6.07, 6.45) is 6.83. The fourth-order valence-corrected chi connectivity index (χ4v) is 6.81. The summed E-state index contributed by atoms with van der Waals surface area (Å²) in [5, 5.41) is 20.5. The molecular weight excluding hydrogens is 560 g/mol. The van der Waals surface area contributed by atoms with Gasteiger partial charge in [-0.2, -0.15) is 9.36 Å². The van der Waals surface area contributed by atoms with Crippen LogP contribution in [-0.4, -0.2) is 75.7 Å². The van der Waals surface area contributed by atoms with Crippen LogP contribution in [0.1, 0.15) is 31.5 Å². The quantitative estimate of drug-likeness (QED) is 0.117. The molecule has 1 saturated heterocycles. The molecule has 208 valence electrons. The lowest BCUT2D eigenvalue weighted by Crippen LogP contribution is -2.71. The Balaban J connectivity index is 1.22. The molecule has 15 nitrogen and oxygen atoms in total. The van der Waals surface area contributed by atoms with Gasteiger partial charge in [0.15, 0.2) is 11.3 Å². The van der Waals surface area contributed by atoms with Crippen molar-refractivity contribution in [2.75, 3.05) is 17.2 Å². The fourth-order valence-electron chi connectivity index (χ4n) is 5.04. The fraction of sp³-hybridized carbons (Fsp3) is 0.391. The number of carbonyl (C=O) groups excluding carboxylic acids is 2. The van der Waals surface area contributed by atoms with Crippen LogP contribution in [0.2, 0.25) is 0 Å². The third-order valence-electron chi connectivity index (χ3n) is 6.92. The number of thioether (sulfide) groups is 1. The molecule has 5 heterocycles. The van der Waals surface area contributed by atoms with Gasteiger partial charge in [-0.3, -0.25) is 14.5 Å². The Hall–Kier alpha value is -4.25. The van der Waals surface area contributed by atoms with Crippen LogP contribution in [0, 0.1) is 0 Å². The predicted molar refractivity (Wildman–Crippen MR) is 144 cm³/mol. The molecule has 1 saturated carbocycles. The molecule has 2 fully saturated rings. The molecule has 2 amide bonds. The van der Waals surface area contributed by atoms with Gasteiger partial charge in [0.25, 0.3) is 17.6 Å². The zero-order chi connectivity index (χ0) is 28.0. The maximum atomic E-state index is 13.3. The number of hydrogen-bond acceptors (Lipinski definition) is 12. The number of rotatable bonds is 8. The van der Waals surface area contributed by atoms with Crippen molar-refractivity contribution in [1.82, 2.24) is 29.2 Å². The second kappa shape index (κ2) is 10.4. The third-order valence-corrected chi connectivity index (χ3v) is 8.80. The SMILES string of the molecule is Nc1nc(/C(=N/OC2CCCC2)C(=O)N[C@@H]2C(=O)N3C(C(=O)O)=C(C[n+]4cc(N)n5ncccc54)CS[C@H]23)ns1. The van der Waals surface area contributed by atoms with Crippen molar-refractivity contribution in [1.29, 1.82) is 0 Å². The predicted octanol–water partition coefficient (Wildman–Crippen LogP) is -0.260. The number of β-lactam (4-membered cyclic amide) rings is 1. The normalized spacial score (nSPS) is 21.4. The van der Waals surface area contributed by atoms with E-state index < -0.39 is 29.2 Å². The highest BCUT2D eigenvalue weighted by atomic mass is 32.2. The summed E-state index contributed by atoms with van der Waals surface area (Å²) in [6, 6.07) is 2.59. The van der Waals surface area contributed by atoms with E-state index in [0.29, 0.717) is 22.8 Å². The van der Waals surface area contributed by atoms with Crippen LogP contribution in [0.4, 0.5) is 10.9 Å². The van der Waals surface area contributed by atoms with Crippen molar-refractivity contribution in [3.8, 4) is 0 Å². The highest BCUT2D eigenvalue weighted by molar-refractivity contribution is 8.00. The second-order valence-electron chi connectivity index (χ2n) is 9.50. The molecule has 6 rings (SSSR count). The number of nitrogens with two attached hydrogens (primary N) is 2. The van der Waals surface area contributed by atoms with Gasteiger partial charge in [-0.1, -0.05) is 14.8 Å². The molecule has 3 aromatic heterocycles. The Morgan fingerprint density at radius 3 is 2.83 bits per heavy atom. The number of aromatic nitrogens is 5. The maximum Gasteiger partial charge on any atom is 0.352 e. The molecule has 2 atom stereocenters. The van der Waals surface area contributed by atoms with Crippen molar-refractivity contribution >= 4 is 63.4 Å². The minimum Gasteiger partial charge on any atom is -0.477 e. The van der Waals surface area contributed by atoms with E-state index in [1.165, 1.54) is 16.7 Å². The molecule has 40 heavy (non-hydrogen) atoms. The molecule has 0 aromatic carbocycles. The van der Waals surface area contributed by atoms with E-state index in [9.17, 15) is 19.5 Å². The number of aliphatic carboxylic acids is 1. The first-order chi connectivity index (χ1) is 19.3. The Morgan fingerprint density at radius 2 is 2.10 bits per heavy atom. The van der Waals surface area contributed by atoms with Gasteiger partial charge in [0.1, 0.15) is 29.8 Å². The minimum absolute atomic E-state index is 0.00286. The monoisotopic (exact) mass is 585 g/mol. The van der Waals surface area contributed by atoms with E-state index >= 15 is 0 Å². The summed E-state index contributed by atoms with van der Waals surface area (Å²) in [6.45, 7) is 0.195. The number of nitrogens with zero attached hydrogens (tertiary/aromatic N) is 7. The van der Waals surface area contributed by atoms with Crippen LogP contribution < -0.4 is 21.4 Å². The Bertz CT molecular complexity index is 1580. The van der Waals surface area contributed by atoms with Crippen LogP contribution >= 0.6 is 23.3 Å². The van der Waals surface area contributed by atoms with Gasteiger partial charge in [-0.25, -0.2) is 9.36 Å². The summed E-state index contributed by atoms with van der Waals surface area (Å²) in [4.78, 5) is 49.7. The van der Waals surface area contributed by atoms with Gasteiger partial charge >= 0.3 is 11.6 Å². The van der Waals surface area contributed by atoms with Crippen LogP contribution in [-0.2, 0) is 25.8 Å². The molecule has 0 unspecified atom stereocenters. The number of nitrogens with one attached hydrogen (secondary N) is 1. The van der Waals surface area contributed by atoms with Crippen molar-refractivity contribution in [2.24, 2.45) is 5.16 Å². The molecule has 3 aromatic rings. The topological polar surface area (TPSA) is 207 Å². The summed E-state index contributed by atoms with van der Waals surface area (Å²) < 4.78 is 7.40. The smallest absolute Gasteiger partial charge is 0.352 e. The average molecular weight is 586 g/mol. The number of carboxylic acids is 1. The Labute approximate surface area is 235 Å². The largest absolute Gasteiger partial charge is 0.477 e. The summed E-state index contributed by atoms with van der Waals surface area (Å²) in [5.41, 5.74) is 12.7. The molecule has 3 aliphatic rings. The van der Waals surface area contributed by atoms with E-state index in [-0.39, 0.29) is 35.0 Å². The lowest BCUT2D eigenvalue weighted by molar-refractivity contribution is -0.662. The van der Waals surface area contributed by atoms with Crippen molar-refractivity contribution in [3.05, 3.63) is 41.6 Å². The third kappa shape index (κ3) is 4.60. The van der Waals surface area contributed by atoms with E-state index in [1.807, 2.05) is 6.07 Å². The standard InChI is InChI=1S/C23H24N10O5S2/c24-13-9-31(14-6-3-7-26-33(13)14)8-11-10-39-21-16(20(35)32(21)17(11)22(36)37)27-19(34)15(18-28-23(25)40-30-18)29-38-12-4-1-2-5-12/h3,6-7,9,12,16,21H,1-2,4-5,8,10H2,(H5-,24,25,26,27,28,30,34,36,37)/p+1/b29-15-/t16-,21-/m1/s1. The van der Waals surface area contributed by atoms with Gasteiger partial charge < -0.3 is 26.7 Å². The molecule has 0 bridgehead atoms. The number of oxime groups is 1. The molecule has 17 heteroatoms. The number of hydrogen-bond donors (Lipinski definition) is 4. The zero-order valence-corrected chi connectivity index (χ0v) is 22.6. The summed E-state index contributed by atoms with van der Waals surface area (Å²) in [7, 11) is 0. The van der Waals surface area contributed by atoms with Gasteiger partial charge in [0.05, 0.1) is 6.20 Å². The molecule has 2 aliphatic heterocycles. The highest BCUT2D eigenvalue weighted by Crippen LogP contribution is 2.40.